The second-order valence-electron chi connectivity index (χ2n) is 6.30. The lowest BCUT2D eigenvalue weighted by atomic mass is 10.1. The first-order valence-corrected chi connectivity index (χ1v) is 8.64. The van der Waals surface area contributed by atoms with Gasteiger partial charge >= 0.3 is 0 Å². The summed E-state index contributed by atoms with van der Waals surface area (Å²) in [6.45, 7) is 4.67. The fourth-order valence-electron chi connectivity index (χ4n) is 3.09. The van der Waals surface area contributed by atoms with Crippen molar-refractivity contribution < 1.29 is 9.53 Å². The average molecular weight is 327 g/mol. The van der Waals surface area contributed by atoms with Crippen molar-refractivity contribution in [3.63, 3.8) is 0 Å². The predicted molar refractivity (Wildman–Crippen MR) is 92.7 cm³/mol. The van der Waals surface area contributed by atoms with Gasteiger partial charge in [0.2, 0.25) is 5.91 Å². The van der Waals surface area contributed by atoms with Crippen LogP contribution in [0.4, 0.5) is 0 Å². The molecule has 1 aliphatic rings. The van der Waals surface area contributed by atoms with Crippen LogP contribution in [0.15, 0.2) is 42.6 Å². The van der Waals surface area contributed by atoms with E-state index in [0.29, 0.717) is 32.7 Å². The van der Waals surface area contributed by atoms with Gasteiger partial charge in [0.05, 0.1) is 12.7 Å². The summed E-state index contributed by atoms with van der Waals surface area (Å²) in [5, 5.41) is 4.23. The van der Waals surface area contributed by atoms with Crippen LogP contribution < -0.4 is 0 Å². The lowest BCUT2D eigenvalue weighted by Crippen LogP contribution is -2.46. The maximum Gasteiger partial charge on any atom is 0.224 e. The normalized spacial score (nSPS) is 17.9. The Morgan fingerprint density at radius 3 is 2.88 bits per heavy atom. The number of nitrogens with zero attached hydrogens (tertiary/aromatic N) is 3. The molecule has 0 bridgehead atoms. The molecule has 0 spiro atoms. The van der Waals surface area contributed by atoms with E-state index >= 15 is 0 Å². The second-order valence-corrected chi connectivity index (χ2v) is 6.30. The molecule has 3 rings (SSSR count). The van der Waals surface area contributed by atoms with Gasteiger partial charge in [-0.2, -0.15) is 5.10 Å². The van der Waals surface area contributed by atoms with E-state index < -0.39 is 0 Å². The Labute approximate surface area is 143 Å². The van der Waals surface area contributed by atoms with Gasteiger partial charge < -0.3 is 9.64 Å². The van der Waals surface area contributed by atoms with Gasteiger partial charge in [-0.1, -0.05) is 30.3 Å². The van der Waals surface area contributed by atoms with Crippen molar-refractivity contribution in [1.29, 1.82) is 0 Å². The number of carbonyl (C=O) groups is 1. The molecule has 2 aromatic rings. The Kier molecular flexibility index (Phi) is 5.64. The molecule has 24 heavy (non-hydrogen) atoms. The van der Waals surface area contributed by atoms with Crippen molar-refractivity contribution in [2.24, 2.45) is 0 Å². The van der Waals surface area contributed by atoms with Crippen molar-refractivity contribution in [2.45, 2.75) is 38.8 Å². The summed E-state index contributed by atoms with van der Waals surface area (Å²) in [7, 11) is 0. The highest BCUT2D eigenvalue weighted by atomic mass is 16.5. The third-order valence-electron chi connectivity index (χ3n) is 4.56. The maximum absolute atomic E-state index is 12.5. The SMILES string of the molecule is Cc1ccnn1CCC(=O)N1CCO[C@@H](CCc2ccccc2)C1. The summed E-state index contributed by atoms with van der Waals surface area (Å²) in [4.78, 5) is 14.4. The molecule has 1 aliphatic heterocycles. The number of carbonyl (C=O) groups excluding carboxylic acids is 1. The van der Waals surface area contributed by atoms with Crippen LogP contribution in [0.3, 0.4) is 0 Å². The topological polar surface area (TPSA) is 47.4 Å². The fourth-order valence-corrected chi connectivity index (χ4v) is 3.09. The van der Waals surface area contributed by atoms with Crippen LogP contribution in [-0.4, -0.2) is 46.4 Å². The summed E-state index contributed by atoms with van der Waals surface area (Å²) in [6, 6.07) is 12.4. The van der Waals surface area contributed by atoms with Gasteiger partial charge in [0.25, 0.3) is 0 Å². The molecule has 0 saturated carbocycles. The van der Waals surface area contributed by atoms with Crippen LogP contribution >= 0.6 is 0 Å². The zero-order valence-corrected chi connectivity index (χ0v) is 14.2. The lowest BCUT2D eigenvalue weighted by Gasteiger charge is -2.33. The Hall–Kier alpha value is -2.14. The number of morpholine rings is 1. The molecular weight excluding hydrogens is 302 g/mol. The average Bonchev–Trinajstić information content (AvgIpc) is 3.04. The molecule has 1 aromatic carbocycles. The van der Waals surface area contributed by atoms with Crippen molar-refractivity contribution in [2.75, 3.05) is 19.7 Å². The fraction of sp³-hybridized carbons (Fsp3) is 0.474. The highest BCUT2D eigenvalue weighted by Gasteiger charge is 2.23. The van der Waals surface area contributed by atoms with Crippen molar-refractivity contribution >= 4 is 5.91 Å². The van der Waals surface area contributed by atoms with Crippen LogP contribution in [0.25, 0.3) is 0 Å². The van der Waals surface area contributed by atoms with Crippen LogP contribution in [0.5, 0.6) is 0 Å². The molecule has 5 nitrogen and oxygen atoms in total. The number of benzene rings is 1. The number of hydrogen-bond acceptors (Lipinski definition) is 3. The monoisotopic (exact) mass is 327 g/mol. The third-order valence-corrected chi connectivity index (χ3v) is 4.56. The summed E-state index contributed by atoms with van der Waals surface area (Å²) in [5.41, 5.74) is 2.41. The Bertz CT molecular complexity index is 654. The summed E-state index contributed by atoms with van der Waals surface area (Å²) in [5.74, 6) is 0.193. The molecule has 1 amide bonds. The molecule has 0 aliphatic carbocycles. The highest BCUT2D eigenvalue weighted by molar-refractivity contribution is 5.76. The Balaban J connectivity index is 1.46. The lowest BCUT2D eigenvalue weighted by molar-refractivity contribution is -0.139. The predicted octanol–water partition coefficient (Wildman–Crippen LogP) is 2.44. The zero-order valence-electron chi connectivity index (χ0n) is 14.2. The van der Waals surface area contributed by atoms with E-state index in [9.17, 15) is 4.79 Å². The minimum atomic E-state index is 0.134. The number of aromatic nitrogens is 2. The van der Waals surface area contributed by atoms with E-state index in [1.807, 2.05) is 28.6 Å². The van der Waals surface area contributed by atoms with Crippen LogP contribution in [-0.2, 0) is 22.5 Å². The van der Waals surface area contributed by atoms with E-state index in [4.69, 9.17) is 4.74 Å². The summed E-state index contributed by atoms with van der Waals surface area (Å²) < 4.78 is 7.72. The molecule has 0 unspecified atom stereocenters. The number of ether oxygens (including phenoxy) is 1. The molecule has 1 atom stereocenters. The van der Waals surface area contributed by atoms with E-state index in [0.717, 1.165) is 18.5 Å². The minimum Gasteiger partial charge on any atom is -0.375 e. The quantitative estimate of drug-likeness (QED) is 0.819. The number of amides is 1. The zero-order chi connectivity index (χ0) is 16.8. The van der Waals surface area contributed by atoms with Crippen molar-refractivity contribution in [3.8, 4) is 0 Å². The Morgan fingerprint density at radius 1 is 1.29 bits per heavy atom. The maximum atomic E-state index is 12.5. The molecule has 0 N–H and O–H groups in total. The van der Waals surface area contributed by atoms with E-state index in [1.165, 1.54) is 5.56 Å². The van der Waals surface area contributed by atoms with Gasteiger partial charge in [-0.15, -0.1) is 0 Å². The largest absolute Gasteiger partial charge is 0.375 e. The van der Waals surface area contributed by atoms with Crippen molar-refractivity contribution in [3.05, 3.63) is 53.9 Å². The third kappa shape index (κ3) is 4.45. The molecular formula is C19H25N3O2. The molecule has 1 saturated heterocycles. The molecule has 1 aromatic heterocycles. The smallest absolute Gasteiger partial charge is 0.224 e. The molecule has 128 valence electrons. The number of aryl methyl sites for hydroxylation is 3. The standard InChI is InChI=1S/C19H25N3O2/c1-16-9-11-20-22(16)12-10-19(23)21-13-14-24-18(15-21)8-7-17-5-3-2-4-6-17/h2-6,9,11,18H,7-8,10,12-15H2,1H3/t18-/m0/s1. The van der Waals surface area contributed by atoms with Gasteiger partial charge in [0, 0.05) is 37.9 Å². The molecule has 5 heteroatoms. The first kappa shape index (κ1) is 16.7. The summed E-state index contributed by atoms with van der Waals surface area (Å²) in [6.07, 6.45) is 4.34. The van der Waals surface area contributed by atoms with Crippen LogP contribution in [0.1, 0.15) is 24.1 Å². The van der Waals surface area contributed by atoms with E-state index in [1.54, 1.807) is 6.20 Å². The van der Waals surface area contributed by atoms with Crippen molar-refractivity contribution in [1.82, 2.24) is 14.7 Å². The molecule has 2 heterocycles. The van der Waals surface area contributed by atoms with Gasteiger partial charge in [0.15, 0.2) is 0 Å². The van der Waals surface area contributed by atoms with Gasteiger partial charge in [-0.05, 0) is 31.4 Å². The second kappa shape index (κ2) is 8.11. The van der Waals surface area contributed by atoms with Crippen LogP contribution in [0.2, 0.25) is 0 Å². The van der Waals surface area contributed by atoms with Gasteiger partial charge in [0.1, 0.15) is 0 Å². The van der Waals surface area contributed by atoms with E-state index in [2.05, 4.69) is 29.4 Å². The molecule has 0 radical (unpaired) electrons. The number of rotatable bonds is 6. The highest BCUT2D eigenvalue weighted by Crippen LogP contribution is 2.14. The first-order chi connectivity index (χ1) is 11.7. The first-order valence-electron chi connectivity index (χ1n) is 8.64. The van der Waals surface area contributed by atoms with Crippen LogP contribution in [0, 0.1) is 6.92 Å². The molecule has 1 fully saturated rings. The number of hydrogen-bond donors (Lipinski definition) is 0. The minimum absolute atomic E-state index is 0.134. The Morgan fingerprint density at radius 2 is 2.12 bits per heavy atom. The van der Waals surface area contributed by atoms with Gasteiger partial charge in [-0.3, -0.25) is 9.48 Å². The summed E-state index contributed by atoms with van der Waals surface area (Å²) >= 11 is 0. The van der Waals surface area contributed by atoms with E-state index in [-0.39, 0.29) is 12.0 Å². The van der Waals surface area contributed by atoms with Gasteiger partial charge in [-0.25, -0.2) is 0 Å².